The van der Waals surface area contributed by atoms with Crippen molar-refractivity contribution in [3.63, 3.8) is 0 Å². The van der Waals surface area contributed by atoms with Gasteiger partial charge < -0.3 is 9.42 Å². The first-order chi connectivity index (χ1) is 12.6. The van der Waals surface area contributed by atoms with E-state index in [2.05, 4.69) is 29.2 Å². The van der Waals surface area contributed by atoms with Crippen LogP contribution in [0.4, 0.5) is 0 Å². The topological polar surface area (TPSA) is 59.2 Å². The molecule has 0 fully saturated rings. The Bertz CT molecular complexity index is 864. The van der Waals surface area contributed by atoms with Crippen molar-refractivity contribution < 1.29 is 9.32 Å². The van der Waals surface area contributed by atoms with E-state index in [0.717, 1.165) is 11.3 Å². The highest BCUT2D eigenvalue weighted by Crippen LogP contribution is 2.17. The van der Waals surface area contributed by atoms with Crippen LogP contribution >= 0.6 is 11.8 Å². The fraction of sp³-hybridized carbons (Fsp3) is 0.250. The van der Waals surface area contributed by atoms with Crippen LogP contribution in [-0.4, -0.2) is 33.7 Å². The molecule has 3 aromatic rings. The van der Waals surface area contributed by atoms with Gasteiger partial charge in [-0.1, -0.05) is 59.8 Å². The summed E-state index contributed by atoms with van der Waals surface area (Å²) >= 11 is 1.61. The van der Waals surface area contributed by atoms with Gasteiger partial charge in [-0.25, -0.2) is 0 Å². The summed E-state index contributed by atoms with van der Waals surface area (Å²) in [5.41, 5.74) is 3.41. The number of hydrogen-bond acceptors (Lipinski definition) is 5. The summed E-state index contributed by atoms with van der Waals surface area (Å²) in [6, 6.07) is 17.9. The first kappa shape index (κ1) is 18.2. The minimum absolute atomic E-state index is 0.0445. The zero-order valence-electron chi connectivity index (χ0n) is 14.9. The number of rotatable bonds is 7. The van der Waals surface area contributed by atoms with E-state index >= 15 is 0 Å². The Balaban J connectivity index is 1.50. The number of aromatic nitrogens is 2. The lowest BCUT2D eigenvalue weighted by atomic mass is 10.1. The lowest BCUT2D eigenvalue weighted by Crippen LogP contribution is -2.28. The van der Waals surface area contributed by atoms with E-state index in [1.807, 2.05) is 42.5 Å². The molecule has 1 aromatic heterocycles. The van der Waals surface area contributed by atoms with Crippen molar-refractivity contribution in [3.8, 4) is 11.4 Å². The van der Waals surface area contributed by atoms with Gasteiger partial charge in [-0.2, -0.15) is 4.98 Å². The standard InChI is InChI=1S/C20H21N3O2S/c1-15-8-6-7-11-17(15)13-26-14-19(24)23(2)12-18-21-20(22-25-18)16-9-4-3-5-10-16/h3-11H,12-14H2,1-2H3. The average Bonchev–Trinajstić information content (AvgIpc) is 3.12. The highest BCUT2D eigenvalue weighted by atomic mass is 32.2. The minimum Gasteiger partial charge on any atom is -0.337 e. The van der Waals surface area contributed by atoms with Crippen molar-refractivity contribution in [2.75, 3.05) is 12.8 Å². The van der Waals surface area contributed by atoms with Crippen LogP contribution in [0.3, 0.4) is 0 Å². The molecule has 0 bridgehead atoms. The Kier molecular flexibility index (Phi) is 6.07. The zero-order chi connectivity index (χ0) is 18.4. The molecule has 134 valence electrons. The molecule has 0 N–H and O–H groups in total. The molecule has 26 heavy (non-hydrogen) atoms. The smallest absolute Gasteiger partial charge is 0.246 e. The summed E-state index contributed by atoms with van der Waals surface area (Å²) in [5, 5.41) is 3.98. The van der Waals surface area contributed by atoms with Gasteiger partial charge in [0.1, 0.15) is 0 Å². The van der Waals surface area contributed by atoms with E-state index < -0.39 is 0 Å². The maximum absolute atomic E-state index is 12.3. The maximum Gasteiger partial charge on any atom is 0.246 e. The van der Waals surface area contributed by atoms with Crippen molar-refractivity contribution in [1.82, 2.24) is 15.0 Å². The number of thioether (sulfide) groups is 1. The number of carbonyl (C=O) groups excluding carboxylic acids is 1. The summed E-state index contributed by atoms with van der Waals surface area (Å²) in [7, 11) is 1.75. The van der Waals surface area contributed by atoms with Gasteiger partial charge in [0.2, 0.25) is 17.6 Å². The Morgan fingerprint density at radius 1 is 1.12 bits per heavy atom. The number of nitrogens with zero attached hydrogens (tertiary/aromatic N) is 3. The van der Waals surface area contributed by atoms with E-state index in [-0.39, 0.29) is 5.91 Å². The van der Waals surface area contributed by atoms with Gasteiger partial charge in [0.05, 0.1) is 12.3 Å². The van der Waals surface area contributed by atoms with Crippen LogP contribution in [0.15, 0.2) is 59.1 Å². The monoisotopic (exact) mass is 367 g/mol. The Morgan fingerprint density at radius 3 is 2.62 bits per heavy atom. The molecule has 1 heterocycles. The van der Waals surface area contributed by atoms with E-state index in [1.165, 1.54) is 11.1 Å². The molecule has 1 amide bonds. The predicted octanol–water partition coefficient (Wildman–Crippen LogP) is 3.94. The van der Waals surface area contributed by atoms with Gasteiger partial charge in [0, 0.05) is 18.4 Å². The molecular formula is C20H21N3O2S. The van der Waals surface area contributed by atoms with E-state index in [4.69, 9.17) is 4.52 Å². The molecule has 0 radical (unpaired) electrons. The Labute approximate surface area is 157 Å². The number of amides is 1. The van der Waals surface area contributed by atoms with E-state index in [9.17, 15) is 4.79 Å². The van der Waals surface area contributed by atoms with Crippen LogP contribution in [0.1, 0.15) is 17.0 Å². The minimum atomic E-state index is 0.0445. The summed E-state index contributed by atoms with van der Waals surface area (Å²) < 4.78 is 5.27. The second-order valence-corrected chi connectivity index (χ2v) is 7.03. The van der Waals surface area contributed by atoms with Gasteiger partial charge in [0.15, 0.2) is 0 Å². The maximum atomic E-state index is 12.3. The molecule has 6 heteroatoms. The molecule has 0 aliphatic rings. The Hall–Kier alpha value is -2.60. The van der Waals surface area contributed by atoms with Crippen molar-refractivity contribution in [1.29, 1.82) is 0 Å². The lowest BCUT2D eigenvalue weighted by molar-refractivity contribution is -0.127. The molecule has 0 aliphatic heterocycles. The highest BCUT2D eigenvalue weighted by molar-refractivity contribution is 7.99. The van der Waals surface area contributed by atoms with E-state index in [1.54, 1.807) is 23.7 Å². The molecule has 0 unspecified atom stereocenters. The first-order valence-electron chi connectivity index (χ1n) is 8.37. The summed E-state index contributed by atoms with van der Waals surface area (Å²) in [5.74, 6) is 2.26. The molecule has 0 atom stereocenters. The molecule has 0 saturated carbocycles. The van der Waals surface area contributed by atoms with Crippen LogP contribution in [0, 0.1) is 6.92 Å². The average molecular weight is 367 g/mol. The Morgan fingerprint density at radius 2 is 1.85 bits per heavy atom. The van der Waals surface area contributed by atoms with Crippen LogP contribution in [0.25, 0.3) is 11.4 Å². The zero-order valence-corrected chi connectivity index (χ0v) is 15.7. The van der Waals surface area contributed by atoms with Crippen LogP contribution in [0.2, 0.25) is 0 Å². The largest absolute Gasteiger partial charge is 0.337 e. The molecule has 2 aromatic carbocycles. The predicted molar refractivity (Wildman–Crippen MR) is 104 cm³/mol. The summed E-state index contributed by atoms with van der Waals surface area (Å²) in [6.07, 6.45) is 0. The van der Waals surface area contributed by atoms with Gasteiger partial charge in [-0.15, -0.1) is 11.8 Å². The fourth-order valence-corrected chi connectivity index (χ4v) is 3.49. The SMILES string of the molecule is Cc1ccccc1CSCC(=O)N(C)Cc1nc(-c2ccccc2)no1. The first-order valence-corrected chi connectivity index (χ1v) is 9.53. The molecule has 3 rings (SSSR count). The van der Waals surface area contributed by atoms with Crippen molar-refractivity contribution >= 4 is 17.7 Å². The van der Waals surface area contributed by atoms with Crippen molar-refractivity contribution in [2.45, 2.75) is 19.2 Å². The quantitative estimate of drug-likeness (QED) is 0.633. The number of carbonyl (C=O) groups is 1. The van der Waals surface area contributed by atoms with Gasteiger partial charge >= 0.3 is 0 Å². The van der Waals surface area contributed by atoms with Crippen LogP contribution in [0.5, 0.6) is 0 Å². The van der Waals surface area contributed by atoms with Crippen molar-refractivity contribution in [2.24, 2.45) is 0 Å². The number of hydrogen-bond donors (Lipinski definition) is 0. The second-order valence-electron chi connectivity index (χ2n) is 6.05. The third-order valence-electron chi connectivity index (χ3n) is 4.04. The summed E-state index contributed by atoms with van der Waals surface area (Å²) in [4.78, 5) is 18.3. The third kappa shape index (κ3) is 4.73. The lowest BCUT2D eigenvalue weighted by Gasteiger charge is -2.14. The number of benzene rings is 2. The van der Waals surface area contributed by atoms with E-state index in [0.29, 0.717) is 24.0 Å². The third-order valence-corrected chi connectivity index (χ3v) is 5.01. The molecule has 0 spiro atoms. The second kappa shape index (κ2) is 8.67. The molecule has 0 aliphatic carbocycles. The highest BCUT2D eigenvalue weighted by Gasteiger charge is 2.14. The van der Waals surface area contributed by atoms with Crippen LogP contribution in [-0.2, 0) is 17.1 Å². The molecule has 5 nitrogen and oxygen atoms in total. The van der Waals surface area contributed by atoms with Crippen LogP contribution < -0.4 is 0 Å². The number of aryl methyl sites for hydroxylation is 1. The fourth-order valence-electron chi connectivity index (χ4n) is 2.45. The van der Waals surface area contributed by atoms with Gasteiger partial charge in [0.25, 0.3) is 0 Å². The normalized spacial score (nSPS) is 10.7. The summed E-state index contributed by atoms with van der Waals surface area (Å²) in [6.45, 7) is 2.40. The van der Waals surface area contributed by atoms with Crippen molar-refractivity contribution in [3.05, 3.63) is 71.6 Å². The molecule has 0 saturated heterocycles. The molecular weight excluding hydrogens is 346 g/mol. The van der Waals surface area contributed by atoms with Gasteiger partial charge in [-0.05, 0) is 18.1 Å². The van der Waals surface area contributed by atoms with Gasteiger partial charge in [-0.3, -0.25) is 4.79 Å².